The maximum atomic E-state index is 12.6. The van der Waals surface area contributed by atoms with Gasteiger partial charge in [0, 0.05) is 55.7 Å². The van der Waals surface area contributed by atoms with Crippen molar-refractivity contribution in [2.45, 2.75) is 32.0 Å². The third-order valence-corrected chi connectivity index (χ3v) is 8.78. The van der Waals surface area contributed by atoms with Gasteiger partial charge in [0.2, 0.25) is 17.8 Å². The number of methoxy groups -OCH3 is 1. The van der Waals surface area contributed by atoms with Gasteiger partial charge in [-0.15, -0.1) is 0 Å². The van der Waals surface area contributed by atoms with Crippen LogP contribution in [0.4, 0.5) is 34.5 Å². The molecule has 2 aromatic carbocycles. The number of nitrogens with one attached hydrogen (secondary N) is 3. The lowest BCUT2D eigenvalue weighted by atomic mass is 10.2. The molecule has 0 atom stereocenters. The van der Waals surface area contributed by atoms with Crippen LogP contribution >= 0.6 is 11.6 Å². The van der Waals surface area contributed by atoms with E-state index in [4.69, 9.17) is 16.3 Å². The first-order valence-corrected chi connectivity index (χ1v) is 17.6. The van der Waals surface area contributed by atoms with Gasteiger partial charge < -0.3 is 35.3 Å². The number of aromatic nitrogens is 2. The molecule has 0 radical (unpaired) electrons. The quantitative estimate of drug-likeness (QED) is 0.155. The molecule has 3 aromatic rings. The molecular formula is C30H38ClN7O4Si. The first-order valence-electron chi connectivity index (χ1n) is 14.1. The van der Waals surface area contributed by atoms with E-state index in [1.807, 2.05) is 42.3 Å². The number of hydrogen-bond acceptors (Lipinski definition) is 9. The van der Waals surface area contributed by atoms with Gasteiger partial charge in [-0.2, -0.15) is 4.98 Å². The Morgan fingerprint density at radius 3 is 2.56 bits per heavy atom. The average molecular weight is 624 g/mol. The van der Waals surface area contributed by atoms with Gasteiger partial charge in [-0.25, -0.2) is 4.98 Å². The van der Waals surface area contributed by atoms with Crippen LogP contribution in [-0.2, 0) is 9.59 Å². The highest BCUT2D eigenvalue weighted by atomic mass is 35.5. The SMILES string of the molecule is C=CC(=O)Nc1cccc(Nc2nc(Nc3ccc(N4CCN(C(=O)CCC[Si](C)(C)O)CC4)cc3OC)ncc2Cl)c1. The molecule has 0 bridgehead atoms. The lowest BCUT2D eigenvalue weighted by Gasteiger charge is -2.36. The van der Waals surface area contributed by atoms with E-state index >= 15 is 0 Å². The number of rotatable bonds is 12. The normalized spacial score (nSPS) is 13.3. The molecule has 4 N–H and O–H groups in total. The predicted octanol–water partition coefficient (Wildman–Crippen LogP) is 5.38. The zero-order chi connectivity index (χ0) is 31.0. The number of carbonyl (C=O) groups excluding carboxylic acids is 2. The van der Waals surface area contributed by atoms with E-state index in [1.54, 1.807) is 25.3 Å². The Morgan fingerprint density at radius 1 is 1.12 bits per heavy atom. The third kappa shape index (κ3) is 9.17. The molecule has 1 fully saturated rings. The van der Waals surface area contributed by atoms with Crippen molar-refractivity contribution in [3.63, 3.8) is 0 Å². The summed E-state index contributed by atoms with van der Waals surface area (Å²) in [6.45, 7) is 10.0. The molecule has 1 saturated heterocycles. The minimum absolute atomic E-state index is 0.152. The Bertz CT molecular complexity index is 1460. The molecule has 0 unspecified atom stereocenters. The minimum atomic E-state index is -2.12. The number of nitrogens with zero attached hydrogens (tertiary/aromatic N) is 4. The maximum Gasteiger partial charge on any atom is 0.247 e. The molecule has 2 amide bonds. The van der Waals surface area contributed by atoms with E-state index in [9.17, 15) is 14.4 Å². The van der Waals surface area contributed by atoms with Crippen molar-refractivity contribution in [3.05, 3.63) is 66.3 Å². The molecule has 2 heterocycles. The molecule has 228 valence electrons. The summed E-state index contributed by atoms with van der Waals surface area (Å²) in [4.78, 5) is 47.3. The molecule has 4 rings (SSSR count). The fourth-order valence-electron chi connectivity index (χ4n) is 4.66. The summed E-state index contributed by atoms with van der Waals surface area (Å²) in [5, 5.41) is 9.41. The van der Waals surface area contributed by atoms with Crippen LogP contribution < -0.4 is 25.6 Å². The van der Waals surface area contributed by atoms with Crippen LogP contribution in [0.3, 0.4) is 0 Å². The Hall–Kier alpha value is -4.13. The second-order valence-electron chi connectivity index (χ2n) is 10.8. The summed E-state index contributed by atoms with van der Waals surface area (Å²) in [6.07, 6.45) is 3.91. The smallest absolute Gasteiger partial charge is 0.247 e. The highest BCUT2D eigenvalue weighted by molar-refractivity contribution is 6.69. The zero-order valence-corrected chi connectivity index (χ0v) is 26.4. The van der Waals surface area contributed by atoms with Crippen molar-refractivity contribution < 1.29 is 19.1 Å². The topological polar surface area (TPSA) is 132 Å². The van der Waals surface area contributed by atoms with E-state index in [2.05, 4.69) is 37.4 Å². The number of benzene rings is 2. The standard InChI is InChI=1S/C30H38ClN7O4Si/c1-5-27(39)33-21-8-6-9-22(18-21)34-29-24(31)20-32-30(36-29)35-25-12-11-23(19-26(25)42-2)37-13-15-38(16-14-37)28(40)10-7-17-43(3,4)41/h5-6,8-9,11-12,18-20,41H,1,7,10,13-17H2,2-4H3,(H,33,39)(H2,32,34,35,36). The molecular weight excluding hydrogens is 586 g/mol. The van der Waals surface area contributed by atoms with Gasteiger partial charge in [-0.3, -0.25) is 9.59 Å². The Kier molecular flexibility index (Phi) is 10.6. The van der Waals surface area contributed by atoms with Crippen molar-refractivity contribution in [3.8, 4) is 5.75 Å². The van der Waals surface area contributed by atoms with Gasteiger partial charge in [0.25, 0.3) is 0 Å². The summed E-state index contributed by atoms with van der Waals surface area (Å²) in [5.74, 6) is 1.16. The molecule has 13 heteroatoms. The number of hydrogen-bond donors (Lipinski definition) is 4. The second-order valence-corrected chi connectivity index (χ2v) is 15.4. The van der Waals surface area contributed by atoms with E-state index in [0.29, 0.717) is 59.1 Å². The molecule has 0 saturated carbocycles. The van der Waals surface area contributed by atoms with Crippen molar-refractivity contribution in [1.29, 1.82) is 0 Å². The number of carbonyl (C=O) groups is 2. The summed E-state index contributed by atoms with van der Waals surface area (Å²) in [5.41, 5.74) is 2.94. The largest absolute Gasteiger partial charge is 0.494 e. The second kappa shape index (κ2) is 14.4. The van der Waals surface area contributed by atoms with Gasteiger partial charge >= 0.3 is 0 Å². The highest BCUT2D eigenvalue weighted by Gasteiger charge is 2.23. The van der Waals surface area contributed by atoms with Gasteiger partial charge in [-0.05, 0) is 62.0 Å². The minimum Gasteiger partial charge on any atom is -0.494 e. The predicted molar refractivity (Wildman–Crippen MR) is 174 cm³/mol. The van der Waals surface area contributed by atoms with E-state index in [0.717, 1.165) is 31.2 Å². The summed E-state index contributed by atoms with van der Waals surface area (Å²) in [6, 6.07) is 13.7. The number of halogens is 1. The fraction of sp³-hybridized carbons (Fsp3) is 0.333. The Balaban J connectivity index is 1.39. The lowest BCUT2D eigenvalue weighted by molar-refractivity contribution is -0.131. The van der Waals surface area contributed by atoms with Gasteiger partial charge in [0.15, 0.2) is 14.1 Å². The molecule has 0 aliphatic carbocycles. The highest BCUT2D eigenvalue weighted by Crippen LogP contribution is 2.33. The number of ether oxygens (including phenoxy) is 1. The van der Waals surface area contributed by atoms with Crippen LogP contribution in [0.15, 0.2) is 61.3 Å². The number of anilines is 6. The van der Waals surface area contributed by atoms with E-state index < -0.39 is 8.32 Å². The van der Waals surface area contributed by atoms with Crippen LogP contribution in [0.1, 0.15) is 12.8 Å². The van der Waals surface area contributed by atoms with Crippen LogP contribution in [0, 0.1) is 0 Å². The zero-order valence-electron chi connectivity index (χ0n) is 24.7. The van der Waals surface area contributed by atoms with Gasteiger partial charge in [0.05, 0.1) is 19.0 Å². The number of amides is 2. The van der Waals surface area contributed by atoms with Crippen LogP contribution in [-0.4, -0.2) is 73.1 Å². The monoisotopic (exact) mass is 623 g/mol. The molecule has 1 aliphatic rings. The van der Waals surface area contributed by atoms with Gasteiger partial charge in [-0.1, -0.05) is 24.2 Å². The fourth-order valence-corrected chi connectivity index (χ4v) is 5.84. The van der Waals surface area contributed by atoms with Crippen molar-refractivity contribution in [1.82, 2.24) is 14.9 Å². The van der Waals surface area contributed by atoms with Crippen LogP contribution in [0.25, 0.3) is 0 Å². The first-order chi connectivity index (χ1) is 20.5. The number of piperazine rings is 1. The average Bonchev–Trinajstić information content (AvgIpc) is 2.98. The third-order valence-electron chi connectivity index (χ3n) is 6.93. The lowest BCUT2D eigenvalue weighted by Crippen LogP contribution is -2.48. The van der Waals surface area contributed by atoms with Crippen LogP contribution in [0.2, 0.25) is 24.2 Å². The Morgan fingerprint density at radius 2 is 1.86 bits per heavy atom. The Labute approximate surface area is 258 Å². The van der Waals surface area contributed by atoms with Gasteiger partial charge in [0.1, 0.15) is 10.8 Å². The van der Waals surface area contributed by atoms with E-state index in [-0.39, 0.29) is 11.8 Å². The van der Waals surface area contributed by atoms with Crippen LogP contribution in [0.5, 0.6) is 5.75 Å². The maximum absolute atomic E-state index is 12.6. The van der Waals surface area contributed by atoms with E-state index in [1.165, 1.54) is 12.3 Å². The van der Waals surface area contributed by atoms with Crippen molar-refractivity contribution >= 4 is 66.2 Å². The molecule has 1 aliphatic heterocycles. The first kappa shape index (κ1) is 31.8. The molecule has 0 spiro atoms. The summed E-state index contributed by atoms with van der Waals surface area (Å²) < 4.78 is 5.67. The molecule has 1 aromatic heterocycles. The summed E-state index contributed by atoms with van der Waals surface area (Å²) in [7, 11) is -0.521. The summed E-state index contributed by atoms with van der Waals surface area (Å²) >= 11 is 6.37. The van der Waals surface area contributed by atoms with Crippen molar-refractivity contribution in [2.75, 3.05) is 54.1 Å². The van der Waals surface area contributed by atoms with Crippen molar-refractivity contribution in [2.24, 2.45) is 0 Å². The molecule has 11 nitrogen and oxygen atoms in total. The molecule has 43 heavy (non-hydrogen) atoms.